The number of anilines is 1. The van der Waals surface area contributed by atoms with E-state index in [1.165, 1.54) is 12.3 Å². The van der Waals surface area contributed by atoms with Crippen molar-refractivity contribution >= 4 is 11.4 Å². The summed E-state index contributed by atoms with van der Waals surface area (Å²) < 4.78 is 38.3. The first-order valence-corrected chi connectivity index (χ1v) is 5.45. The second kappa shape index (κ2) is 5.19. The van der Waals surface area contributed by atoms with E-state index in [1.54, 1.807) is 6.20 Å². The average molecular weight is 286 g/mol. The second-order valence-corrected chi connectivity index (χ2v) is 3.95. The summed E-state index contributed by atoms with van der Waals surface area (Å²) in [6.45, 7) is 0.256. The van der Waals surface area contributed by atoms with Crippen molar-refractivity contribution in [3.8, 4) is 0 Å². The lowest BCUT2D eigenvalue weighted by Crippen LogP contribution is -2.10. The van der Waals surface area contributed by atoms with E-state index in [1.807, 2.05) is 0 Å². The molecule has 0 radical (unpaired) electrons. The number of aromatic amines is 1. The van der Waals surface area contributed by atoms with E-state index in [4.69, 9.17) is 0 Å². The smallest absolute Gasteiger partial charge is 0.381 e. The molecule has 0 aliphatic rings. The number of nitro benzene ring substituents is 1. The van der Waals surface area contributed by atoms with Crippen molar-refractivity contribution in [3.63, 3.8) is 0 Å². The summed E-state index contributed by atoms with van der Waals surface area (Å²) >= 11 is 0. The van der Waals surface area contributed by atoms with Gasteiger partial charge in [-0.1, -0.05) is 0 Å². The van der Waals surface area contributed by atoms with Crippen LogP contribution >= 0.6 is 0 Å². The van der Waals surface area contributed by atoms with E-state index in [2.05, 4.69) is 15.5 Å². The Balaban J connectivity index is 2.25. The highest BCUT2D eigenvalue weighted by atomic mass is 19.4. The molecular formula is C11H9F3N4O2. The van der Waals surface area contributed by atoms with Crippen molar-refractivity contribution in [2.45, 2.75) is 12.7 Å². The summed E-state index contributed by atoms with van der Waals surface area (Å²) in [7, 11) is 0. The van der Waals surface area contributed by atoms with E-state index >= 15 is 0 Å². The number of rotatable bonds is 4. The van der Waals surface area contributed by atoms with Gasteiger partial charge in [-0.3, -0.25) is 15.2 Å². The molecule has 1 heterocycles. The molecule has 0 atom stereocenters. The summed E-state index contributed by atoms with van der Waals surface area (Å²) in [6.07, 6.45) is -1.68. The molecule has 2 rings (SSSR count). The van der Waals surface area contributed by atoms with Gasteiger partial charge in [-0.05, 0) is 12.1 Å². The van der Waals surface area contributed by atoms with Gasteiger partial charge in [0, 0.05) is 30.1 Å². The highest BCUT2D eigenvalue weighted by molar-refractivity contribution is 5.55. The first-order chi connectivity index (χ1) is 9.38. The van der Waals surface area contributed by atoms with Crippen LogP contribution in [0.1, 0.15) is 11.1 Å². The van der Waals surface area contributed by atoms with Crippen LogP contribution in [0.15, 0.2) is 30.6 Å². The molecule has 0 saturated heterocycles. The maximum Gasteiger partial charge on any atom is 0.423 e. The van der Waals surface area contributed by atoms with Crippen LogP contribution in [0.2, 0.25) is 0 Å². The van der Waals surface area contributed by atoms with Crippen LogP contribution in [-0.4, -0.2) is 15.1 Å². The van der Waals surface area contributed by atoms with Gasteiger partial charge in [-0.2, -0.15) is 18.3 Å². The van der Waals surface area contributed by atoms with Crippen LogP contribution in [0.3, 0.4) is 0 Å². The SMILES string of the molecule is O=[N+]([O-])c1ccc(NCc2cn[nH]c2)cc1C(F)(F)F. The minimum atomic E-state index is -4.78. The number of alkyl halides is 3. The van der Waals surface area contributed by atoms with Crippen LogP contribution in [0.4, 0.5) is 24.5 Å². The number of hydrogen-bond donors (Lipinski definition) is 2. The van der Waals surface area contributed by atoms with Crippen LogP contribution in [-0.2, 0) is 12.7 Å². The van der Waals surface area contributed by atoms with Gasteiger partial charge in [-0.25, -0.2) is 0 Å². The molecule has 20 heavy (non-hydrogen) atoms. The molecule has 2 N–H and O–H groups in total. The molecule has 0 aliphatic heterocycles. The molecule has 0 aliphatic carbocycles. The van der Waals surface area contributed by atoms with Crippen LogP contribution in [0, 0.1) is 10.1 Å². The first kappa shape index (κ1) is 13.8. The van der Waals surface area contributed by atoms with E-state index in [0.29, 0.717) is 0 Å². The molecule has 0 fully saturated rings. The Hall–Kier alpha value is -2.58. The molecule has 0 amide bonds. The van der Waals surface area contributed by atoms with Gasteiger partial charge >= 0.3 is 6.18 Å². The third-order valence-corrected chi connectivity index (χ3v) is 2.55. The fourth-order valence-electron chi connectivity index (χ4n) is 1.61. The van der Waals surface area contributed by atoms with Crippen LogP contribution < -0.4 is 5.32 Å². The second-order valence-electron chi connectivity index (χ2n) is 3.95. The highest BCUT2D eigenvalue weighted by Crippen LogP contribution is 2.37. The lowest BCUT2D eigenvalue weighted by Gasteiger charge is -2.10. The molecule has 1 aromatic carbocycles. The third-order valence-electron chi connectivity index (χ3n) is 2.55. The predicted octanol–water partition coefficient (Wildman–Crippen LogP) is 2.95. The van der Waals surface area contributed by atoms with Crippen molar-refractivity contribution in [3.05, 3.63) is 51.8 Å². The Morgan fingerprint density at radius 3 is 2.70 bits per heavy atom. The number of aromatic nitrogens is 2. The summed E-state index contributed by atoms with van der Waals surface area (Å²) in [5.74, 6) is 0. The number of benzene rings is 1. The number of nitro groups is 1. The molecule has 0 unspecified atom stereocenters. The van der Waals surface area contributed by atoms with Gasteiger partial charge in [0.2, 0.25) is 0 Å². The quantitative estimate of drug-likeness (QED) is 0.668. The maximum atomic E-state index is 12.8. The molecule has 0 bridgehead atoms. The van der Waals surface area contributed by atoms with Gasteiger partial charge in [0.25, 0.3) is 5.69 Å². The topological polar surface area (TPSA) is 83.8 Å². The number of nitrogens with zero attached hydrogens (tertiary/aromatic N) is 2. The zero-order valence-corrected chi connectivity index (χ0v) is 9.94. The van der Waals surface area contributed by atoms with Crippen molar-refractivity contribution < 1.29 is 18.1 Å². The molecule has 1 aromatic heterocycles. The van der Waals surface area contributed by atoms with Crippen LogP contribution in [0.25, 0.3) is 0 Å². The maximum absolute atomic E-state index is 12.8. The van der Waals surface area contributed by atoms with Gasteiger partial charge in [0.1, 0.15) is 5.56 Å². The third kappa shape index (κ3) is 3.05. The normalized spacial score (nSPS) is 11.3. The first-order valence-electron chi connectivity index (χ1n) is 5.45. The Bertz CT molecular complexity index is 611. The van der Waals surface area contributed by atoms with E-state index in [0.717, 1.165) is 17.7 Å². The fraction of sp³-hybridized carbons (Fsp3) is 0.182. The van der Waals surface area contributed by atoms with Crippen molar-refractivity contribution in [1.29, 1.82) is 0 Å². The average Bonchev–Trinajstić information content (AvgIpc) is 2.88. The van der Waals surface area contributed by atoms with Gasteiger partial charge in [0.15, 0.2) is 0 Å². The fourth-order valence-corrected chi connectivity index (χ4v) is 1.61. The zero-order valence-electron chi connectivity index (χ0n) is 9.94. The number of halogens is 3. The van der Waals surface area contributed by atoms with Crippen molar-refractivity contribution in [2.24, 2.45) is 0 Å². The Morgan fingerprint density at radius 1 is 1.40 bits per heavy atom. The lowest BCUT2D eigenvalue weighted by atomic mass is 10.1. The predicted molar refractivity (Wildman–Crippen MR) is 64.0 cm³/mol. The van der Waals surface area contributed by atoms with Gasteiger partial charge < -0.3 is 5.32 Å². The Kier molecular flexibility index (Phi) is 3.59. The van der Waals surface area contributed by atoms with E-state index in [-0.39, 0.29) is 12.2 Å². The number of hydrogen-bond acceptors (Lipinski definition) is 4. The lowest BCUT2D eigenvalue weighted by molar-refractivity contribution is -0.388. The molecule has 2 aromatic rings. The van der Waals surface area contributed by atoms with Crippen LogP contribution in [0.5, 0.6) is 0 Å². The molecule has 0 saturated carbocycles. The highest BCUT2D eigenvalue weighted by Gasteiger charge is 2.38. The number of H-pyrrole nitrogens is 1. The molecule has 106 valence electrons. The molecule has 0 spiro atoms. The Labute approximate surface area is 110 Å². The largest absolute Gasteiger partial charge is 0.423 e. The zero-order chi connectivity index (χ0) is 14.8. The summed E-state index contributed by atoms with van der Waals surface area (Å²) in [4.78, 5) is 9.54. The standard InChI is InChI=1S/C11H9F3N4O2/c12-11(13,14)9-3-8(1-2-10(9)18(19)20)15-4-7-5-16-17-6-7/h1-3,5-6,15H,4H2,(H,16,17). The monoisotopic (exact) mass is 286 g/mol. The van der Waals surface area contributed by atoms with Crippen molar-refractivity contribution in [2.75, 3.05) is 5.32 Å². The molecule has 6 nitrogen and oxygen atoms in total. The molecule has 9 heteroatoms. The number of nitrogens with one attached hydrogen (secondary N) is 2. The van der Waals surface area contributed by atoms with Gasteiger partial charge in [0.05, 0.1) is 11.1 Å². The summed E-state index contributed by atoms with van der Waals surface area (Å²) in [6, 6.07) is 2.78. The van der Waals surface area contributed by atoms with E-state index in [9.17, 15) is 23.3 Å². The van der Waals surface area contributed by atoms with Crippen molar-refractivity contribution in [1.82, 2.24) is 10.2 Å². The summed E-state index contributed by atoms with van der Waals surface area (Å²) in [5, 5.41) is 19.6. The minimum absolute atomic E-state index is 0.143. The van der Waals surface area contributed by atoms with Gasteiger partial charge in [-0.15, -0.1) is 0 Å². The Morgan fingerprint density at radius 2 is 2.15 bits per heavy atom. The minimum Gasteiger partial charge on any atom is -0.381 e. The summed E-state index contributed by atoms with van der Waals surface area (Å²) in [5.41, 5.74) is -1.35. The van der Waals surface area contributed by atoms with E-state index < -0.39 is 22.4 Å². The molecular weight excluding hydrogens is 277 g/mol.